The zero-order chi connectivity index (χ0) is 20.1. The molecule has 3 aromatic rings. The van der Waals surface area contributed by atoms with Gasteiger partial charge >= 0.3 is 0 Å². The van der Waals surface area contributed by atoms with Crippen LogP contribution in [0.3, 0.4) is 0 Å². The zero-order valence-electron chi connectivity index (χ0n) is 15.1. The molecule has 1 aromatic heterocycles. The summed E-state index contributed by atoms with van der Waals surface area (Å²) in [6, 6.07) is 14.1. The summed E-state index contributed by atoms with van der Waals surface area (Å²) in [6.07, 6.45) is 6.27. The SMILES string of the molecule is CS(=O)(=O)N(CC(=O)NCc1ccc(-n2ccnc2)cc1)c1ccccc1Cl. The summed E-state index contributed by atoms with van der Waals surface area (Å²) in [5.41, 5.74) is 2.11. The highest BCUT2D eigenvalue weighted by Crippen LogP contribution is 2.26. The number of nitrogens with one attached hydrogen (secondary N) is 1. The van der Waals surface area contributed by atoms with Crippen LogP contribution < -0.4 is 9.62 Å². The van der Waals surface area contributed by atoms with Gasteiger partial charge in [0.05, 0.1) is 23.3 Å². The number of carbonyl (C=O) groups is 1. The van der Waals surface area contributed by atoms with Crippen molar-refractivity contribution in [1.29, 1.82) is 0 Å². The molecule has 1 N–H and O–H groups in total. The van der Waals surface area contributed by atoms with E-state index in [0.717, 1.165) is 21.8 Å². The Balaban J connectivity index is 1.64. The first-order valence-electron chi connectivity index (χ1n) is 8.41. The fourth-order valence-electron chi connectivity index (χ4n) is 2.62. The average molecular weight is 419 g/mol. The predicted molar refractivity (Wildman–Crippen MR) is 109 cm³/mol. The number of hydrogen-bond donors (Lipinski definition) is 1. The van der Waals surface area contributed by atoms with Crippen LogP contribution in [-0.2, 0) is 21.4 Å². The van der Waals surface area contributed by atoms with Crippen molar-refractivity contribution in [3.8, 4) is 5.69 Å². The van der Waals surface area contributed by atoms with Gasteiger partial charge in [-0.3, -0.25) is 9.10 Å². The normalized spacial score (nSPS) is 11.2. The third kappa shape index (κ3) is 4.90. The minimum atomic E-state index is -3.67. The number of para-hydroxylation sites is 1. The number of halogens is 1. The fraction of sp³-hybridized carbons (Fsp3) is 0.158. The molecular weight excluding hydrogens is 400 g/mol. The van der Waals surface area contributed by atoms with Gasteiger partial charge in [0, 0.05) is 24.6 Å². The quantitative estimate of drug-likeness (QED) is 0.639. The standard InChI is InChI=1S/C19H19ClN4O3S/c1-28(26,27)24(18-5-3-2-4-17(18)20)13-19(25)22-12-15-6-8-16(9-7-15)23-11-10-21-14-23/h2-11,14H,12-13H2,1H3,(H,22,25). The average Bonchev–Trinajstić information content (AvgIpc) is 3.19. The second-order valence-corrected chi connectivity index (χ2v) is 8.45. The molecule has 1 amide bonds. The van der Waals surface area contributed by atoms with Crippen molar-refractivity contribution in [2.45, 2.75) is 6.54 Å². The van der Waals surface area contributed by atoms with Crippen LogP contribution in [0, 0.1) is 0 Å². The van der Waals surface area contributed by atoms with Gasteiger partial charge in [0.25, 0.3) is 0 Å². The number of amides is 1. The number of hydrogen-bond acceptors (Lipinski definition) is 4. The molecule has 146 valence electrons. The van der Waals surface area contributed by atoms with Gasteiger partial charge in [0.15, 0.2) is 0 Å². The highest BCUT2D eigenvalue weighted by atomic mass is 35.5. The third-order valence-electron chi connectivity index (χ3n) is 4.04. The molecule has 28 heavy (non-hydrogen) atoms. The maximum absolute atomic E-state index is 12.3. The molecule has 0 radical (unpaired) electrons. The molecular formula is C19H19ClN4O3S. The minimum absolute atomic E-state index is 0.260. The summed E-state index contributed by atoms with van der Waals surface area (Å²) in [5, 5.41) is 3.00. The van der Waals surface area contributed by atoms with Crippen molar-refractivity contribution in [3.05, 3.63) is 77.8 Å². The number of sulfonamides is 1. The molecule has 7 nitrogen and oxygen atoms in total. The van der Waals surface area contributed by atoms with Crippen LogP contribution in [0.2, 0.25) is 5.02 Å². The lowest BCUT2D eigenvalue weighted by Gasteiger charge is -2.22. The highest BCUT2D eigenvalue weighted by Gasteiger charge is 2.22. The first-order valence-corrected chi connectivity index (χ1v) is 10.6. The Morgan fingerprint density at radius 2 is 1.89 bits per heavy atom. The molecule has 3 rings (SSSR count). The van der Waals surface area contributed by atoms with Crippen LogP contribution in [0.5, 0.6) is 0 Å². The van der Waals surface area contributed by atoms with Crippen LogP contribution in [0.1, 0.15) is 5.56 Å². The second-order valence-electron chi connectivity index (χ2n) is 6.13. The van der Waals surface area contributed by atoms with Crippen molar-refractivity contribution in [2.24, 2.45) is 0 Å². The number of anilines is 1. The summed E-state index contributed by atoms with van der Waals surface area (Å²) in [7, 11) is -3.67. The van der Waals surface area contributed by atoms with Gasteiger partial charge < -0.3 is 9.88 Å². The largest absolute Gasteiger partial charge is 0.350 e. The van der Waals surface area contributed by atoms with E-state index in [1.165, 1.54) is 0 Å². The van der Waals surface area contributed by atoms with E-state index in [4.69, 9.17) is 11.6 Å². The Morgan fingerprint density at radius 3 is 2.50 bits per heavy atom. The Bertz CT molecular complexity index is 1050. The highest BCUT2D eigenvalue weighted by molar-refractivity contribution is 7.92. The molecule has 0 saturated carbocycles. The number of benzene rings is 2. The Labute approximate surface area is 168 Å². The summed E-state index contributed by atoms with van der Waals surface area (Å²) in [5.74, 6) is -0.427. The van der Waals surface area contributed by atoms with Crippen molar-refractivity contribution in [2.75, 3.05) is 17.1 Å². The van der Waals surface area contributed by atoms with E-state index in [1.807, 2.05) is 35.0 Å². The zero-order valence-corrected chi connectivity index (χ0v) is 16.7. The Morgan fingerprint density at radius 1 is 1.18 bits per heavy atom. The van der Waals surface area contributed by atoms with Crippen LogP contribution in [0.15, 0.2) is 67.3 Å². The van der Waals surface area contributed by atoms with Gasteiger partial charge in [-0.05, 0) is 29.8 Å². The monoisotopic (exact) mass is 418 g/mol. The van der Waals surface area contributed by atoms with E-state index in [1.54, 1.807) is 36.8 Å². The van der Waals surface area contributed by atoms with Crippen molar-refractivity contribution < 1.29 is 13.2 Å². The topological polar surface area (TPSA) is 84.3 Å². The molecule has 0 spiro atoms. The molecule has 0 saturated heterocycles. The second kappa shape index (κ2) is 8.45. The van der Waals surface area contributed by atoms with E-state index in [0.29, 0.717) is 0 Å². The predicted octanol–water partition coefficient (Wildman–Crippen LogP) is 2.61. The number of carbonyl (C=O) groups excluding carboxylic acids is 1. The Kier molecular flexibility index (Phi) is 6.01. The summed E-state index contributed by atoms with van der Waals surface area (Å²) >= 11 is 6.09. The number of imidazole rings is 1. The van der Waals surface area contributed by atoms with Gasteiger partial charge in [-0.2, -0.15) is 0 Å². The first kappa shape index (κ1) is 19.9. The molecule has 0 fully saturated rings. The summed E-state index contributed by atoms with van der Waals surface area (Å²) in [6.45, 7) is -0.0706. The molecule has 0 unspecified atom stereocenters. The molecule has 0 aliphatic heterocycles. The number of nitrogens with zero attached hydrogens (tertiary/aromatic N) is 3. The smallest absolute Gasteiger partial charge is 0.241 e. The lowest BCUT2D eigenvalue weighted by molar-refractivity contribution is -0.119. The third-order valence-corrected chi connectivity index (χ3v) is 5.48. The van der Waals surface area contributed by atoms with Crippen molar-refractivity contribution in [3.63, 3.8) is 0 Å². The molecule has 0 bridgehead atoms. The summed E-state index contributed by atoms with van der Waals surface area (Å²) < 4.78 is 27.1. The molecule has 9 heteroatoms. The van der Waals surface area contributed by atoms with Crippen molar-refractivity contribution in [1.82, 2.24) is 14.9 Å². The fourth-order valence-corrected chi connectivity index (χ4v) is 3.78. The maximum Gasteiger partial charge on any atom is 0.241 e. The lowest BCUT2D eigenvalue weighted by atomic mass is 10.2. The maximum atomic E-state index is 12.3. The lowest BCUT2D eigenvalue weighted by Crippen LogP contribution is -2.40. The molecule has 0 atom stereocenters. The molecule has 2 aromatic carbocycles. The van der Waals surface area contributed by atoms with Crippen LogP contribution in [-0.4, -0.2) is 36.7 Å². The molecule has 0 aliphatic carbocycles. The number of rotatable bonds is 7. The Hall–Kier alpha value is -2.84. The van der Waals surface area contributed by atoms with Gasteiger partial charge in [-0.1, -0.05) is 35.9 Å². The van der Waals surface area contributed by atoms with E-state index < -0.39 is 15.9 Å². The molecule has 0 aliphatic rings. The number of aromatic nitrogens is 2. The van der Waals surface area contributed by atoms with Crippen molar-refractivity contribution >= 4 is 33.2 Å². The van der Waals surface area contributed by atoms with Crippen LogP contribution in [0.4, 0.5) is 5.69 Å². The van der Waals surface area contributed by atoms with Gasteiger partial charge in [-0.25, -0.2) is 13.4 Å². The van der Waals surface area contributed by atoms with Gasteiger partial charge in [-0.15, -0.1) is 0 Å². The molecule has 1 heterocycles. The van der Waals surface area contributed by atoms with Gasteiger partial charge in [0.2, 0.25) is 15.9 Å². The minimum Gasteiger partial charge on any atom is -0.350 e. The van der Waals surface area contributed by atoms with E-state index in [-0.39, 0.29) is 23.8 Å². The van der Waals surface area contributed by atoms with Gasteiger partial charge in [0.1, 0.15) is 6.54 Å². The van der Waals surface area contributed by atoms with E-state index in [9.17, 15) is 13.2 Å². The van der Waals surface area contributed by atoms with E-state index >= 15 is 0 Å². The first-order chi connectivity index (χ1) is 13.3. The van der Waals surface area contributed by atoms with E-state index in [2.05, 4.69) is 10.3 Å². The summed E-state index contributed by atoms with van der Waals surface area (Å²) in [4.78, 5) is 16.3. The van der Waals surface area contributed by atoms with Crippen LogP contribution >= 0.6 is 11.6 Å². The van der Waals surface area contributed by atoms with Crippen LogP contribution in [0.25, 0.3) is 5.69 Å².